The molecule has 6 heteroatoms. The summed E-state index contributed by atoms with van der Waals surface area (Å²) in [6.45, 7) is 3.57. The first-order chi connectivity index (χ1) is 13.7. The van der Waals surface area contributed by atoms with Gasteiger partial charge in [-0.2, -0.15) is 0 Å². The molecule has 2 aliphatic rings. The fourth-order valence-electron chi connectivity index (χ4n) is 4.63. The van der Waals surface area contributed by atoms with Crippen molar-refractivity contribution in [2.75, 3.05) is 19.7 Å². The molecule has 1 amide bonds. The van der Waals surface area contributed by atoms with Gasteiger partial charge in [-0.15, -0.1) is 0 Å². The van der Waals surface area contributed by atoms with Crippen molar-refractivity contribution >= 4 is 5.91 Å². The monoisotopic (exact) mass is 382 g/mol. The van der Waals surface area contributed by atoms with E-state index in [-0.39, 0.29) is 5.91 Å². The Morgan fingerprint density at radius 2 is 1.96 bits per heavy atom. The molecule has 1 aliphatic carbocycles. The Morgan fingerprint density at radius 1 is 1.21 bits per heavy atom. The lowest BCUT2D eigenvalue weighted by Crippen LogP contribution is -2.52. The number of piperidine rings is 1. The summed E-state index contributed by atoms with van der Waals surface area (Å²) in [7, 11) is 2.05. The third kappa shape index (κ3) is 4.55. The van der Waals surface area contributed by atoms with Gasteiger partial charge in [0, 0.05) is 45.0 Å². The second-order valence-corrected chi connectivity index (χ2v) is 8.10. The van der Waals surface area contributed by atoms with E-state index in [0.29, 0.717) is 30.9 Å². The molecule has 1 aromatic heterocycles. The normalized spacial score (nSPS) is 24.2. The minimum Gasteiger partial charge on any atom is -0.494 e. The van der Waals surface area contributed by atoms with Crippen molar-refractivity contribution in [2.45, 2.75) is 38.3 Å². The zero-order chi connectivity index (χ0) is 19.3. The van der Waals surface area contributed by atoms with Crippen LogP contribution in [-0.4, -0.2) is 46.1 Å². The predicted octanol–water partition coefficient (Wildman–Crippen LogP) is 2.61. The van der Waals surface area contributed by atoms with Gasteiger partial charge in [-0.3, -0.25) is 9.69 Å². The highest BCUT2D eigenvalue weighted by Gasteiger charge is 2.42. The lowest BCUT2D eigenvalue weighted by Gasteiger charge is -2.38. The number of hydrogen-bond donors (Lipinski definition) is 1. The molecule has 3 atom stereocenters. The second-order valence-electron chi connectivity index (χ2n) is 8.10. The maximum atomic E-state index is 12.4. The topological polar surface area (TPSA) is 59.4 Å². The summed E-state index contributed by atoms with van der Waals surface area (Å²) in [4.78, 5) is 19.4. The molecule has 150 valence electrons. The average molecular weight is 383 g/mol. The highest BCUT2D eigenvalue weighted by Crippen LogP contribution is 2.37. The van der Waals surface area contributed by atoms with Gasteiger partial charge in [0.1, 0.15) is 11.6 Å². The van der Waals surface area contributed by atoms with Crippen molar-refractivity contribution in [3.05, 3.63) is 48.5 Å². The summed E-state index contributed by atoms with van der Waals surface area (Å²) in [5.74, 6) is 3.25. The van der Waals surface area contributed by atoms with Crippen LogP contribution in [0.5, 0.6) is 5.75 Å². The van der Waals surface area contributed by atoms with Gasteiger partial charge >= 0.3 is 0 Å². The first kappa shape index (κ1) is 19.0. The van der Waals surface area contributed by atoms with E-state index < -0.39 is 0 Å². The fourth-order valence-corrected chi connectivity index (χ4v) is 4.63. The van der Waals surface area contributed by atoms with Gasteiger partial charge in [0.25, 0.3) is 0 Å². The SMILES string of the molecule is Cn1ccnc1CN1C[C@H]2CC[C@@H](C1)C2NC(=O)CCCOc1ccccc1. The van der Waals surface area contributed by atoms with E-state index in [0.717, 1.165) is 37.6 Å². The smallest absolute Gasteiger partial charge is 0.220 e. The zero-order valence-electron chi connectivity index (χ0n) is 16.6. The molecule has 2 aromatic rings. The van der Waals surface area contributed by atoms with Gasteiger partial charge in [0.15, 0.2) is 0 Å². The average Bonchev–Trinajstić information content (AvgIpc) is 3.19. The van der Waals surface area contributed by atoms with Crippen molar-refractivity contribution in [3.8, 4) is 5.75 Å². The van der Waals surface area contributed by atoms with E-state index in [9.17, 15) is 4.79 Å². The number of aromatic nitrogens is 2. The van der Waals surface area contributed by atoms with Gasteiger partial charge in [-0.25, -0.2) is 4.98 Å². The number of benzene rings is 1. The first-order valence-corrected chi connectivity index (χ1v) is 10.3. The third-order valence-corrected chi connectivity index (χ3v) is 6.08. The number of aryl methyl sites for hydroxylation is 1. The maximum absolute atomic E-state index is 12.4. The summed E-state index contributed by atoms with van der Waals surface area (Å²) in [5, 5.41) is 3.33. The van der Waals surface area contributed by atoms with E-state index >= 15 is 0 Å². The van der Waals surface area contributed by atoms with Crippen LogP contribution in [0.3, 0.4) is 0 Å². The quantitative estimate of drug-likeness (QED) is 0.713. The number of amides is 1. The van der Waals surface area contributed by atoms with Gasteiger partial charge in [0.05, 0.1) is 13.2 Å². The van der Waals surface area contributed by atoms with E-state index in [1.54, 1.807) is 0 Å². The van der Waals surface area contributed by atoms with Crippen LogP contribution in [0, 0.1) is 11.8 Å². The van der Waals surface area contributed by atoms with Crippen molar-refractivity contribution < 1.29 is 9.53 Å². The van der Waals surface area contributed by atoms with Crippen LogP contribution in [0.2, 0.25) is 0 Å². The molecular formula is C22H30N4O2. The molecule has 1 N–H and O–H groups in total. The standard InChI is InChI=1S/C22H30N4O2/c1-25-12-11-23-20(25)16-26-14-17-9-10-18(15-26)22(17)24-21(27)8-5-13-28-19-6-3-2-4-7-19/h2-4,6-7,11-12,17-18,22H,5,8-10,13-16H2,1H3,(H,24,27)/t17-,18+,22?. The largest absolute Gasteiger partial charge is 0.494 e. The molecule has 2 heterocycles. The predicted molar refractivity (Wildman–Crippen MR) is 108 cm³/mol. The Hall–Kier alpha value is -2.34. The van der Waals surface area contributed by atoms with Crippen molar-refractivity contribution in [2.24, 2.45) is 18.9 Å². The lowest BCUT2D eigenvalue weighted by atomic mass is 9.92. The van der Waals surface area contributed by atoms with E-state index in [4.69, 9.17) is 4.74 Å². The third-order valence-electron chi connectivity index (χ3n) is 6.08. The number of hydrogen-bond acceptors (Lipinski definition) is 4. The second kappa shape index (κ2) is 8.78. The molecular weight excluding hydrogens is 352 g/mol. The number of likely N-dealkylation sites (tertiary alicyclic amines) is 1. The van der Waals surface area contributed by atoms with Crippen LogP contribution < -0.4 is 10.1 Å². The molecule has 2 fully saturated rings. The summed E-state index contributed by atoms with van der Waals surface area (Å²) in [6, 6.07) is 10.1. The first-order valence-electron chi connectivity index (χ1n) is 10.3. The number of fused-ring (bicyclic) bond motifs is 2. The zero-order valence-corrected chi connectivity index (χ0v) is 16.6. The molecule has 6 nitrogen and oxygen atoms in total. The minimum absolute atomic E-state index is 0.163. The van der Waals surface area contributed by atoms with Gasteiger partial charge in [0.2, 0.25) is 5.91 Å². The van der Waals surface area contributed by atoms with Crippen molar-refractivity contribution in [1.82, 2.24) is 19.8 Å². The number of carbonyl (C=O) groups is 1. The van der Waals surface area contributed by atoms with E-state index in [2.05, 4.69) is 19.8 Å². The number of nitrogens with zero attached hydrogens (tertiary/aromatic N) is 3. The molecule has 1 saturated heterocycles. The molecule has 1 aliphatic heterocycles. The van der Waals surface area contributed by atoms with Gasteiger partial charge < -0.3 is 14.6 Å². The summed E-state index contributed by atoms with van der Waals surface area (Å²) >= 11 is 0. The molecule has 2 bridgehead atoms. The number of nitrogens with one attached hydrogen (secondary N) is 1. The molecule has 0 spiro atoms. The Kier molecular flexibility index (Phi) is 5.95. The number of para-hydroxylation sites is 1. The molecule has 28 heavy (non-hydrogen) atoms. The van der Waals surface area contributed by atoms with Crippen LogP contribution in [-0.2, 0) is 18.4 Å². The Bertz CT molecular complexity index is 762. The number of imidazole rings is 1. The molecule has 1 unspecified atom stereocenters. The van der Waals surface area contributed by atoms with Gasteiger partial charge in [-0.1, -0.05) is 18.2 Å². The summed E-state index contributed by atoms with van der Waals surface area (Å²) < 4.78 is 7.77. The number of carbonyl (C=O) groups excluding carboxylic acids is 1. The minimum atomic E-state index is 0.163. The van der Waals surface area contributed by atoms with Crippen LogP contribution in [0.1, 0.15) is 31.5 Å². The van der Waals surface area contributed by atoms with Crippen molar-refractivity contribution in [3.63, 3.8) is 0 Å². The van der Waals surface area contributed by atoms with Crippen LogP contribution >= 0.6 is 0 Å². The molecule has 0 radical (unpaired) electrons. The Balaban J connectivity index is 1.20. The number of ether oxygens (including phenoxy) is 1. The van der Waals surface area contributed by atoms with Crippen molar-refractivity contribution in [1.29, 1.82) is 0 Å². The van der Waals surface area contributed by atoms with Crippen LogP contribution in [0.15, 0.2) is 42.7 Å². The summed E-state index contributed by atoms with van der Waals surface area (Å²) in [5.41, 5.74) is 0. The highest BCUT2D eigenvalue weighted by molar-refractivity contribution is 5.76. The lowest BCUT2D eigenvalue weighted by molar-refractivity contribution is -0.123. The van der Waals surface area contributed by atoms with Crippen LogP contribution in [0.4, 0.5) is 0 Å². The number of rotatable bonds is 8. The highest BCUT2D eigenvalue weighted by atomic mass is 16.5. The molecule has 1 saturated carbocycles. The van der Waals surface area contributed by atoms with Crippen LogP contribution in [0.25, 0.3) is 0 Å². The fraction of sp³-hybridized carbons (Fsp3) is 0.545. The maximum Gasteiger partial charge on any atom is 0.220 e. The molecule has 4 rings (SSSR count). The Morgan fingerprint density at radius 3 is 2.64 bits per heavy atom. The van der Waals surface area contributed by atoms with E-state index in [1.807, 2.05) is 49.8 Å². The van der Waals surface area contributed by atoms with E-state index in [1.165, 1.54) is 12.8 Å². The Labute approximate surface area is 166 Å². The molecule has 1 aromatic carbocycles. The summed E-state index contributed by atoms with van der Waals surface area (Å²) in [6.07, 6.45) is 7.55. The van der Waals surface area contributed by atoms with Gasteiger partial charge in [-0.05, 0) is 43.2 Å².